The second-order valence-corrected chi connectivity index (χ2v) is 22.0. The first kappa shape index (κ1) is 76.6. The summed E-state index contributed by atoms with van der Waals surface area (Å²) in [5.41, 5.74) is 5.39. The maximum absolute atomic E-state index is 12.7. The van der Waals surface area contributed by atoms with Crippen LogP contribution in [0.25, 0.3) is 0 Å². The molecular weight excluding hydrogens is 1030 g/mol. The van der Waals surface area contributed by atoms with Crippen LogP contribution >= 0.6 is 7.82 Å². The Morgan fingerprint density at radius 3 is 0.951 bits per heavy atom. The Kier molecular flexibility index (Phi) is 61.3. The number of nitrogens with two attached hydrogens (primary N) is 1. The average Bonchev–Trinajstić information content (AvgIpc) is 3.46. The van der Waals surface area contributed by atoms with Crippen molar-refractivity contribution in [1.29, 1.82) is 0 Å². The molecule has 3 N–H and O–H groups in total. The first-order valence-electron chi connectivity index (χ1n) is 32.0. The van der Waals surface area contributed by atoms with Gasteiger partial charge in [-0.15, -0.1) is 0 Å². The van der Waals surface area contributed by atoms with Crippen LogP contribution in [-0.2, 0) is 32.7 Å². The van der Waals surface area contributed by atoms with E-state index in [1.165, 1.54) is 70.6 Å². The SMILES string of the molecule is CC/C=C\C/C=C\C/C=C\C/C=C\C/C=C\C/C=C\C/C=C\C/C=C\CCCCCCCCCCCCCCCCC(=O)OC(COC(=O)CCCCCCC/C=C\C/C=C\C/C=C\C/C=C\C/C=C\CC)COP(=O)(O)OCCN. The van der Waals surface area contributed by atoms with Crippen LogP contribution in [0.5, 0.6) is 0 Å². The maximum atomic E-state index is 12.7. The second kappa shape index (κ2) is 64.8. The quantitative estimate of drug-likeness (QED) is 0.0264. The molecule has 0 aliphatic rings. The number of ether oxygens (including phenoxy) is 2. The molecule has 458 valence electrons. The van der Waals surface area contributed by atoms with Gasteiger partial charge in [0.25, 0.3) is 0 Å². The molecule has 0 rings (SSSR count). The van der Waals surface area contributed by atoms with E-state index < -0.39 is 32.5 Å². The average molecular weight is 1140 g/mol. The molecule has 0 aliphatic heterocycles. The van der Waals surface area contributed by atoms with Crippen molar-refractivity contribution in [2.45, 2.75) is 251 Å². The molecule has 0 radical (unpaired) electrons. The molecule has 0 saturated heterocycles. The Labute approximate surface area is 496 Å². The number of carbonyl (C=O) groups excluding carboxylic acids is 2. The van der Waals surface area contributed by atoms with E-state index >= 15 is 0 Å². The van der Waals surface area contributed by atoms with Gasteiger partial charge in [0.15, 0.2) is 6.10 Å². The van der Waals surface area contributed by atoms with Crippen LogP contribution < -0.4 is 5.73 Å². The molecule has 0 aromatic carbocycles. The standard InChI is InChI=1S/C71H116NO8P/c1-3-5-7-9-11-13-15-17-19-21-23-25-26-27-28-29-30-31-32-33-34-35-36-37-38-39-40-41-42-44-46-48-50-52-54-56-58-60-62-64-71(74)80-69(68-79-81(75,76)78-66-65-72)67-77-70(73)63-61-59-57-55-53-51-49-47-45-43-24-22-20-18-16-14-12-10-8-6-4-2/h5-8,11-14,17-20,23-25,27-28,30-31,33-34,36-37,43,47,49,69H,3-4,9-10,15-16,21-22,26,29,32,35,38-42,44-46,48,50-68,72H2,1-2H3,(H,75,76)/b7-5-,8-6-,13-11-,14-12-,19-17-,20-18-,25-23-,28-27-,31-30-,34-33-,37-36-,43-24-,49-47-. The highest BCUT2D eigenvalue weighted by molar-refractivity contribution is 7.47. The lowest BCUT2D eigenvalue weighted by Gasteiger charge is -2.19. The van der Waals surface area contributed by atoms with Crippen molar-refractivity contribution in [3.63, 3.8) is 0 Å². The number of hydrogen-bond acceptors (Lipinski definition) is 8. The minimum absolute atomic E-state index is 0.0431. The van der Waals surface area contributed by atoms with Crippen LogP contribution in [0.4, 0.5) is 0 Å². The smallest absolute Gasteiger partial charge is 0.462 e. The second-order valence-electron chi connectivity index (χ2n) is 20.5. The zero-order chi connectivity index (χ0) is 58.7. The largest absolute Gasteiger partial charge is 0.472 e. The number of allylic oxidation sites excluding steroid dienone is 26. The molecule has 2 unspecified atom stereocenters. The maximum Gasteiger partial charge on any atom is 0.472 e. The van der Waals surface area contributed by atoms with Gasteiger partial charge < -0.3 is 20.1 Å². The van der Waals surface area contributed by atoms with E-state index in [0.29, 0.717) is 12.8 Å². The predicted octanol–water partition coefficient (Wildman–Crippen LogP) is 20.8. The number of carbonyl (C=O) groups is 2. The minimum atomic E-state index is -4.41. The summed E-state index contributed by atoms with van der Waals surface area (Å²) in [6, 6.07) is 0. The van der Waals surface area contributed by atoms with Gasteiger partial charge >= 0.3 is 19.8 Å². The highest BCUT2D eigenvalue weighted by atomic mass is 31.2. The molecule has 0 spiro atoms. The van der Waals surface area contributed by atoms with Crippen LogP contribution in [0.3, 0.4) is 0 Å². The summed E-state index contributed by atoms with van der Waals surface area (Å²) in [7, 11) is -4.41. The third kappa shape index (κ3) is 64.7. The van der Waals surface area contributed by atoms with Gasteiger partial charge in [0.2, 0.25) is 0 Å². The summed E-state index contributed by atoms with van der Waals surface area (Å²) in [5.74, 6) is -0.857. The topological polar surface area (TPSA) is 134 Å². The van der Waals surface area contributed by atoms with E-state index in [1.807, 2.05) is 0 Å². The summed E-state index contributed by atoms with van der Waals surface area (Å²) in [6.07, 6.45) is 94.5. The fourth-order valence-corrected chi connectivity index (χ4v) is 9.03. The van der Waals surface area contributed by atoms with Crippen molar-refractivity contribution in [2.24, 2.45) is 5.73 Å². The number of phosphoric acid groups is 1. The third-order valence-electron chi connectivity index (χ3n) is 12.9. The molecule has 0 saturated carbocycles. The molecule has 0 heterocycles. The lowest BCUT2D eigenvalue weighted by atomic mass is 10.0. The molecule has 0 fully saturated rings. The van der Waals surface area contributed by atoms with E-state index in [-0.39, 0.29) is 32.6 Å². The van der Waals surface area contributed by atoms with Crippen molar-refractivity contribution < 1.29 is 37.6 Å². The van der Waals surface area contributed by atoms with Crippen LogP contribution in [-0.4, -0.2) is 49.3 Å². The van der Waals surface area contributed by atoms with Crippen LogP contribution in [0.2, 0.25) is 0 Å². The van der Waals surface area contributed by atoms with E-state index in [9.17, 15) is 19.0 Å². The highest BCUT2D eigenvalue weighted by Gasteiger charge is 2.26. The Morgan fingerprint density at radius 2 is 0.642 bits per heavy atom. The van der Waals surface area contributed by atoms with Gasteiger partial charge in [-0.05, 0) is 122 Å². The van der Waals surface area contributed by atoms with E-state index in [1.54, 1.807) is 0 Å². The van der Waals surface area contributed by atoms with E-state index in [4.69, 9.17) is 24.3 Å². The van der Waals surface area contributed by atoms with Gasteiger partial charge in [0.05, 0.1) is 13.2 Å². The Bertz CT molecular complexity index is 1880. The third-order valence-corrected chi connectivity index (χ3v) is 13.9. The van der Waals surface area contributed by atoms with Crippen LogP contribution in [0.15, 0.2) is 158 Å². The van der Waals surface area contributed by atoms with Crippen molar-refractivity contribution in [3.05, 3.63) is 158 Å². The molecule has 10 heteroatoms. The van der Waals surface area contributed by atoms with Gasteiger partial charge in [0, 0.05) is 19.4 Å². The summed E-state index contributed by atoms with van der Waals surface area (Å²) < 4.78 is 33.1. The number of esters is 2. The van der Waals surface area contributed by atoms with Crippen molar-refractivity contribution in [2.75, 3.05) is 26.4 Å². The number of unbranched alkanes of at least 4 members (excludes halogenated alkanes) is 19. The summed E-state index contributed by atoms with van der Waals surface area (Å²) in [5, 5.41) is 0. The number of rotatable bonds is 58. The van der Waals surface area contributed by atoms with E-state index in [2.05, 4.69) is 172 Å². The molecule has 0 bridgehead atoms. The van der Waals surface area contributed by atoms with Gasteiger partial charge in [-0.1, -0.05) is 268 Å². The highest BCUT2D eigenvalue weighted by Crippen LogP contribution is 2.43. The summed E-state index contributed by atoms with van der Waals surface area (Å²) in [4.78, 5) is 35.3. The van der Waals surface area contributed by atoms with Gasteiger partial charge in [-0.3, -0.25) is 18.6 Å². The molecule has 9 nitrogen and oxygen atoms in total. The Balaban J connectivity index is 3.96. The fourth-order valence-electron chi connectivity index (χ4n) is 8.27. The molecule has 0 aromatic heterocycles. The molecule has 0 amide bonds. The fraction of sp³-hybridized carbons (Fsp3) is 0.606. The van der Waals surface area contributed by atoms with Crippen molar-refractivity contribution in [3.8, 4) is 0 Å². The Morgan fingerprint density at radius 1 is 0.370 bits per heavy atom. The first-order valence-corrected chi connectivity index (χ1v) is 33.5. The summed E-state index contributed by atoms with van der Waals surface area (Å²) >= 11 is 0. The van der Waals surface area contributed by atoms with Crippen molar-refractivity contribution in [1.82, 2.24) is 0 Å². The van der Waals surface area contributed by atoms with Gasteiger partial charge in [-0.25, -0.2) is 4.57 Å². The van der Waals surface area contributed by atoms with Gasteiger partial charge in [0.1, 0.15) is 6.61 Å². The molecule has 2 atom stereocenters. The minimum Gasteiger partial charge on any atom is -0.462 e. The Hall–Kier alpha value is -4.37. The molecule has 81 heavy (non-hydrogen) atoms. The normalized spacial score (nSPS) is 14.1. The van der Waals surface area contributed by atoms with Gasteiger partial charge in [-0.2, -0.15) is 0 Å². The van der Waals surface area contributed by atoms with E-state index in [0.717, 1.165) is 135 Å². The zero-order valence-corrected chi connectivity index (χ0v) is 52.1. The number of hydrogen-bond donors (Lipinski definition) is 2. The monoisotopic (exact) mass is 1140 g/mol. The zero-order valence-electron chi connectivity index (χ0n) is 51.2. The molecule has 0 aliphatic carbocycles. The number of phosphoric ester groups is 1. The van der Waals surface area contributed by atoms with Crippen molar-refractivity contribution >= 4 is 19.8 Å². The molecule has 0 aromatic rings. The van der Waals surface area contributed by atoms with Crippen LogP contribution in [0.1, 0.15) is 245 Å². The first-order chi connectivity index (χ1) is 39.8. The lowest BCUT2D eigenvalue weighted by Crippen LogP contribution is -2.29. The lowest BCUT2D eigenvalue weighted by molar-refractivity contribution is -0.161. The molecular formula is C71H116NO8P. The summed E-state index contributed by atoms with van der Waals surface area (Å²) in [6.45, 7) is 3.48. The van der Waals surface area contributed by atoms with Crippen LogP contribution in [0, 0.1) is 0 Å². The predicted molar refractivity (Wildman–Crippen MR) is 348 cm³/mol.